The Morgan fingerprint density at radius 2 is 0.543 bits per heavy atom. The van der Waals surface area contributed by atoms with Gasteiger partial charge in [0, 0.05) is 25.7 Å². The Balaban J connectivity index is 5.27. The molecule has 0 aliphatic rings. The number of carbonyl (C=O) groups is 4. The second-order valence-electron chi connectivity index (χ2n) is 28.0. The number of aliphatic hydroxyl groups excluding tert-OH is 1. The lowest BCUT2D eigenvalue weighted by Gasteiger charge is -2.21. The molecule has 17 nitrogen and oxygen atoms in total. The lowest BCUT2D eigenvalue weighted by molar-refractivity contribution is -0.161. The molecule has 94 heavy (non-hydrogen) atoms. The van der Waals surface area contributed by atoms with Crippen LogP contribution >= 0.6 is 15.6 Å². The van der Waals surface area contributed by atoms with Gasteiger partial charge in [-0.1, -0.05) is 331 Å². The second-order valence-corrected chi connectivity index (χ2v) is 30.9. The minimum Gasteiger partial charge on any atom is -0.462 e. The van der Waals surface area contributed by atoms with Crippen LogP contribution in [0.4, 0.5) is 0 Å². The first kappa shape index (κ1) is 92.1. The summed E-state index contributed by atoms with van der Waals surface area (Å²) in [6.45, 7) is 11.9. The highest BCUT2D eigenvalue weighted by Gasteiger charge is 2.30. The van der Waals surface area contributed by atoms with Gasteiger partial charge in [-0.2, -0.15) is 0 Å². The first-order chi connectivity index (χ1) is 45.3. The number of unbranched alkanes of at least 4 members (excludes halogenated alkanes) is 39. The van der Waals surface area contributed by atoms with Crippen molar-refractivity contribution < 1.29 is 80.2 Å². The number of carbonyl (C=O) groups excluding carboxylic acids is 4. The summed E-state index contributed by atoms with van der Waals surface area (Å²) in [5.41, 5.74) is 0. The van der Waals surface area contributed by atoms with Gasteiger partial charge in [0.2, 0.25) is 0 Å². The molecule has 4 unspecified atom stereocenters. The van der Waals surface area contributed by atoms with Crippen molar-refractivity contribution in [3.05, 3.63) is 0 Å². The van der Waals surface area contributed by atoms with Crippen LogP contribution in [-0.4, -0.2) is 96.7 Å². The number of hydrogen-bond donors (Lipinski definition) is 3. The Kier molecular flexibility index (Phi) is 64.3. The van der Waals surface area contributed by atoms with E-state index in [-0.39, 0.29) is 25.7 Å². The maximum absolute atomic E-state index is 13.1. The summed E-state index contributed by atoms with van der Waals surface area (Å²) in [6, 6.07) is 0. The molecule has 19 heteroatoms. The summed E-state index contributed by atoms with van der Waals surface area (Å²) in [6.07, 6.45) is 51.1. The molecular weight excluding hydrogens is 1230 g/mol. The Labute approximate surface area is 575 Å². The van der Waals surface area contributed by atoms with Crippen molar-refractivity contribution in [2.45, 2.75) is 401 Å². The predicted octanol–water partition coefficient (Wildman–Crippen LogP) is 21.8. The molecule has 0 aromatic rings. The lowest BCUT2D eigenvalue weighted by atomic mass is 9.99. The summed E-state index contributed by atoms with van der Waals surface area (Å²) in [4.78, 5) is 72.8. The third-order valence-corrected chi connectivity index (χ3v) is 20.0. The van der Waals surface area contributed by atoms with Crippen molar-refractivity contribution >= 4 is 39.5 Å². The van der Waals surface area contributed by atoms with Crippen LogP contribution in [0.3, 0.4) is 0 Å². The molecule has 0 bridgehead atoms. The van der Waals surface area contributed by atoms with E-state index in [0.29, 0.717) is 25.7 Å². The van der Waals surface area contributed by atoms with Gasteiger partial charge < -0.3 is 33.8 Å². The highest BCUT2D eigenvalue weighted by molar-refractivity contribution is 7.47. The molecule has 7 atom stereocenters. The maximum atomic E-state index is 13.1. The molecule has 0 aromatic heterocycles. The third-order valence-electron chi connectivity index (χ3n) is 18.1. The SMILES string of the molecule is CCCCCCCCCCCCCCC(=O)OC[C@H](COP(=O)(O)OC[C@H](O)COP(=O)(O)OC[C@@H](COC(=O)CCCCCCCCCCCCC(C)CC)OC(=O)CCCCCCCCCCCCCCCC(C)C)OC(=O)CCCCCCCCCCC(C)CC. The van der Waals surface area contributed by atoms with E-state index in [9.17, 15) is 43.2 Å². The van der Waals surface area contributed by atoms with Gasteiger partial charge in [-0.3, -0.25) is 37.3 Å². The van der Waals surface area contributed by atoms with Crippen molar-refractivity contribution in [2.75, 3.05) is 39.6 Å². The van der Waals surface area contributed by atoms with Gasteiger partial charge in [0.1, 0.15) is 19.3 Å². The van der Waals surface area contributed by atoms with E-state index in [1.54, 1.807) is 0 Å². The van der Waals surface area contributed by atoms with Crippen LogP contribution < -0.4 is 0 Å². The van der Waals surface area contributed by atoms with Crippen molar-refractivity contribution in [1.82, 2.24) is 0 Å². The number of rotatable bonds is 73. The maximum Gasteiger partial charge on any atom is 0.472 e. The zero-order valence-corrected chi connectivity index (χ0v) is 63.2. The van der Waals surface area contributed by atoms with Crippen molar-refractivity contribution in [3.8, 4) is 0 Å². The van der Waals surface area contributed by atoms with Gasteiger partial charge in [0.15, 0.2) is 12.2 Å². The zero-order chi connectivity index (χ0) is 69.4. The number of esters is 4. The largest absolute Gasteiger partial charge is 0.472 e. The summed E-state index contributed by atoms with van der Waals surface area (Å²) >= 11 is 0. The number of aliphatic hydroxyl groups is 1. The molecular formula is C75H146O17P2. The molecule has 558 valence electrons. The van der Waals surface area contributed by atoms with Crippen molar-refractivity contribution in [2.24, 2.45) is 17.8 Å². The Morgan fingerprint density at radius 1 is 0.309 bits per heavy atom. The Bertz CT molecular complexity index is 1840. The van der Waals surface area contributed by atoms with Crippen LogP contribution in [-0.2, 0) is 65.4 Å². The Hall–Kier alpha value is -1.94. The predicted molar refractivity (Wildman–Crippen MR) is 381 cm³/mol. The minimum absolute atomic E-state index is 0.105. The molecule has 0 aliphatic carbocycles. The fourth-order valence-electron chi connectivity index (χ4n) is 11.4. The second kappa shape index (κ2) is 65.7. The van der Waals surface area contributed by atoms with Crippen LogP contribution in [0.15, 0.2) is 0 Å². The third kappa shape index (κ3) is 66.0. The van der Waals surface area contributed by atoms with Gasteiger partial charge in [-0.25, -0.2) is 9.13 Å². The topological polar surface area (TPSA) is 237 Å². The van der Waals surface area contributed by atoms with E-state index in [1.165, 1.54) is 193 Å². The average molecular weight is 1380 g/mol. The molecule has 0 spiro atoms. The highest BCUT2D eigenvalue weighted by atomic mass is 31.2. The van der Waals surface area contributed by atoms with Crippen LogP contribution in [0.2, 0.25) is 0 Å². The van der Waals surface area contributed by atoms with E-state index >= 15 is 0 Å². The van der Waals surface area contributed by atoms with Gasteiger partial charge in [-0.05, 0) is 43.4 Å². The molecule has 0 aliphatic heterocycles. The van der Waals surface area contributed by atoms with E-state index in [0.717, 1.165) is 108 Å². The van der Waals surface area contributed by atoms with Crippen LogP contribution in [0, 0.1) is 17.8 Å². The first-order valence-corrected chi connectivity index (χ1v) is 41.9. The molecule has 0 amide bonds. The monoisotopic (exact) mass is 1380 g/mol. The fourth-order valence-corrected chi connectivity index (χ4v) is 12.9. The quantitative estimate of drug-likeness (QED) is 0.0222. The molecule has 0 rings (SSSR count). The van der Waals surface area contributed by atoms with E-state index in [1.807, 2.05) is 0 Å². The summed E-state index contributed by atoms with van der Waals surface area (Å²) in [5, 5.41) is 10.6. The zero-order valence-electron chi connectivity index (χ0n) is 61.4. The number of ether oxygens (including phenoxy) is 4. The molecule has 0 radical (unpaired) electrons. The smallest absolute Gasteiger partial charge is 0.462 e. The van der Waals surface area contributed by atoms with Gasteiger partial charge in [0.05, 0.1) is 26.4 Å². The fraction of sp³-hybridized carbons (Fsp3) is 0.947. The van der Waals surface area contributed by atoms with Crippen LogP contribution in [0.5, 0.6) is 0 Å². The van der Waals surface area contributed by atoms with Gasteiger partial charge in [0.25, 0.3) is 0 Å². The molecule has 3 N–H and O–H groups in total. The number of phosphoric acid groups is 2. The molecule has 0 aromatic carbocycles. The number of hydrogen-bond acceptors (Lipinski definition) is 15. The summed E-state index contributed by atoms with van der Waals surface area (Å²) in [5.74, 6) is 0.247. The van der Waals surface area contributed by atoms with Gasteiger partial charge >= 0.3 is 39.5 Å². The van der Waals surface area contributed by atoms with Gasteiger partial charge in [-0.15, -0.1) is 0 Å². The van der Waals surface area contributed by atoms with E-state index in [4.69, 9.17) is 37.0 Å². The van der Waals surface area contributed by atoms with Crippen molar-refractivity contribution in [1.29, 1.82) is 0 Å². The molecule has 0 heterocycles. The Morgan fingerprint density at radius 3 is 0.809 bits per heavy atom. The van der Waals surface area contributed by atoms with E-state index in [2.05, 4.69) is 48.5 Å². The number of phosphoric ester groups is 2. The van der Waals surface area contributed by atoms with Crippen LogP contribution in [0.25, 0.3) is 0 Å². The first-order valence-electron chi connectivity index (χ1n) is 38.9. The average Bonchev–Trinajstić information content (AvgIpc) is 2.24. The molecule has 0 saturated heterocycles. The summed E-state index contributed by atoms with van der Waals surface area (Å²) in [7, 11) is -9.91. The normalized spacial score (nSPS) is 14.7. The van der Waals surface area contributed by atoms with Crippen molar-refractivity contribution in [3.63, 3.8) is 0 Å². The molecule has 0 fully saturated rings. The molecule has 0 saturated carbocycles. The van der Waals surface area contributed by atoms with E-state index < -0.39 is 97.5 Å². The highest BCUT2D eigenvalue weighted by Crippen LogP contribution is 2.45. The summed E-state index contributed by atoms with van der Waals surface area (Å²) < 4.78 is 68.5. The minimum atomic E-state index is -4.96. The van der Waals surface area contributed by atoms with Crippen LogP contribution in [0.1, 0.15) is 382 Å². The lowest BCUT2D eigenvalue weighted by Crippen LogP contribution is -2.30. The standard InChI is InChI=1S/C75H146O17P2/c1-8-11-12-13-14-15-16-21-27-35-42-49-56-72(77)85-63-71(92-75(80)59-52-45-38-31-30-34-41-48-55-68(7)10-3)65-90-94(83,84)88-61-69(76)60-87-93(81,82)89-64-70(62-86-73(78)57-50-43-36-28-24-23-26-33-40-47-54-67(6)9-2)91-74(79)58-51-44-37-29-22-19-17-18-20-25-32-39-46-53-66(4)5/h66-71,76H,8-65H2,1-7H3,(H,81,82)(H,83,84)/t67?,68?,69-,70-,71-/m1/s1.